The van der Waals surface area contributed by atoms with Gasteiger partial charge < -0.3 is 10.5 Å². The molecule has 0 radical (unpaired) electrons. The van der Waals surface area contributed by atoms with E-state index < -0.39 is 0 Å². The molecule has 2 unspecified atom stereocenters. The number of halogens is 1. The van der Waals surface area contributed by atoms with Gasteiger partial charge in [-0.3, -0.25) is 0 Å². The van der Waals surface area contributed by atoms with Gasteiger partial charge in [0.25, 0.3) is 0 Å². The van der Waals surface area contributed by atoms with Gasteiger partial charge in [0, 0.05) is 11.5 Å². The van der Waals surface area contributed by atoms with Crippen molar-refractivity contribution in [2.45, 2.75) is 31.4 Å². The van der Waals surface area contributed by atoms with Gasteiger partial charge in [0.05, 0.1) is 12.2 Å². The normalized spacial score (nSPS) is 47.7. The van der Waals surface area contributed by atoms with Gasteiger partial charge in [0.15, 0.2) is 0 Å². The number of hydrogen-bond donors (Lipinski definition) is 1. The van der Waals surface area contributed by atoms with E-state index in [1.807, 2.05) is 0 Å². The molecule has 1 saturated heterocycles. The minimum atomic E-state index is -0.0579. The molecule has 10 heavy (non-hydrogen) atoms. The van der Waals surface area contributed by atoms with Gasteiger partial charge in [0.2, 0.25) is 0 Å². The van der Waals surface area contributed by atoms with E-state index in [0.717, 1.165) is 6.61 Å². The Bertz CT molecular complexity index is 155. The molecule has 1 heterocycles. The number of fused-ring (bicyclic) bond motifs is 1. The molecule has 0 spiro atoms. The summed E-state index contributed by atoms with van der Waals surface area (Å²) in [6.07, 6.45) is 1.17. The molecule has 2 atom stereocenters. The molecule has 0 bridgehead atoms. The molecule has 0 aromatic carbocycles. The van der Waals surface area contributed by atoms with Crippen molar-refractivity contribution in [1.82, 2.24) is 0 Å². The van der Waals surface area contributed by atoms with Crippen LogP contribution in [-0.2, 0) is 4.74 Å². The topological polar surface area (TPSA) is 35.2 Å². The third-order valence-electron chi connectivity index (χ3n) is 2.92. The first-order chi connectivity index (χ1) is 4.06. The molecule has 2 rings (SSSR count). The minimum absolute atomic E-state index is 0. The predicted molar refractivity (Wildman–Crippen MR) is 42.3 cm³/mol. The highest BCUT2D eigenvalue weighted by molar-refractivity contribution is 5.85. The standard InChI is InChI=1S/C7H13NO.ClH/c1-6(2)7(8)3-5(7)4-9-6;/h5H,3-4,8H2,1-2H3;1H. The van der Waals surface area contributed by atoms with Gasteiger partial charge in [-0.1, -0.05) is 0 Å². The van der Waals surface area contributed by atoms with Gasteiger partial charge in [-0.05, 0) is 20.3 Å². The van der Waals surface area contributed by atoms with Crippen LogP contribution in [0, 0.1) is 5.92 Å². The van der Waals surface area contributed by atoms with Crippen LogP contribution in [0.3, 0.4) is 0 Å². The Kier molecular flexibility index (Phi) is 1.56. The maximum atomic E-state index is 6.00. The highest BCUT2D eigenvalue weighted by atomic mass is 35.5. The largest absolute Gasteiger partial charge is 0.373 e. The van der Waals surface area contributed by atoms with Crippen LogP contribution in [0.2, 0.25) is 0 Å². The molecule has 0 aromatic rings. The Morgan fingerprint density at radius 2 is 2.10 bits per heavy atom. The number of rotatable bonds is 0. The quantitative estimate of drug-likeness (QED) is 0.577. The molecule has 1 aliphatic heterocycles. The lowest BCUT2D eigenvalue weighted by atomic mass is 9.97. The van der Waals surface area contributed by atoms with Crippen molar-refractivity contribution < 1.29 is 4.74 Å². The summed E-state index contributed by atoms with van der Waals surface area (Å²) < 4.78 is 5.48. The molecule has 60 valence electrons. The summed E-state index contributed by atoms with van der Waals surface area (Å²) in [5.41, 5.74) is 5.98. The summed E-state index contributed by atoms with van der Waals surface area (Å²) in [6.45, 7) is 5.05. The lowest BCUT2D eigenvalue weighted by Gasteiger charge is -2.26. The van der Waals surface area contributed by atoms with Crippen molar-refractivity contribution >= 4 is 12.4 Å². The zero-order valence-corrected chi connectivity index (χ0v) is 7.20. The van der Waals surface area contributed by atoms with Gasteiger partial charge in [0.1, 0.15) is 0 Å². The number of nitrogens with two attached hydrogens (primary N) is 1. The molecular formula is C7H14ClNO. The van der Waals surface area contributed by atoms with E-state index in [0.29, 0.717) is 5.92 Å². The molecule has 2 nitrogen and oxygen atoms in total. The third kappa shape index (κ3) is 0.728. The van der Waals surface area contributed by atoms with Crippen LogP contribution < -0.4 is 5.73 Å². The van der Waals surface area contributed by atoms with Gasteiger partial charge in [-0.25, -0.2) is 0 Å². The smallest absolute Gasteiger partial charge is 0.0808 e. The second-order valence-electron chi connectivity index (χ2n) is 3.76. The number of ether oxygens (including phenoxy) is 1. The van der Waals surface area contributed by atoms with Crippen LogP contribution >= 0.6 is 12.4 Å². The zero-order chi connectivity index (χ0) is 6.70. The number of hydrogen-bond acceptors (Lipinski definition) is 2. The fraction of sp³-hybridized carbons (Fsp3) is 1.00. The first-order valence-electron chi connectivity index (χ1n) is 3.49. The van der Waals surface area contributed by atoms with Gasteiger partial charge in [-0.2, -0.15) is 0 Å². The Balaban J connectivity index is 0.000000500. The maximum Gasteiger partial charge on any atom is 0.0808 e. The molecule has 1 saturated carbocycles. The van der Waals surface area contributed by atoms with Crippen molar-refractivity contribution in [3.8, 4) is 0 Å². The summed E-state index contributed by atoms with van der Waals surface area (Å²) >= 11 is 0. The van der Waals surface area contributed by atoms with Crippen LogP contribution in [0.25, 0.3) is 0 Å². The van der Waals surface area contributed by atoms with Crippen molar-refractivity contribution in [3.63, 3.8) is 0 Å². The van der Waals surface area contributed by atoms with Crippen LogP contribution in [0.1, 0.15) is 20.3 Å². The summed E-state index contributed by atoms with van der Waals surface area (Å²) in [7, 11) is 0. The van der Waals surface area contributed by atoms with Crippen molar-refractivity contribution in [1.29, 1.82) is 0 Å². The minimum Gasteiger partial charge on any atom is -0.373 e. The van der Waals surface area contributed by atoms with Gasteiger partial charge in [-0.15, -0.1) is 12.4 Å². The Labute approximate surface area is 67.5 Å². The third-order valence-corrected chi connectivity index (χ3v) is 2.92. The molecule has 3 heteroatoms. The molecule has 0 amide bonds. The van der Waals surface area contributed by atoms with Crippen molar-refractivity contribution in [2.24, 2.45) is 11.7 Å². The molecule has 0 aromatic heterocycles. The molecule has 2 N–H and O–H groups in total. The average Bonchev–Trinajstić information content (AvgIpc) is 2.34. The van der Waals surface area contributed by atoms with Crippen molar-refractivity contribution in [3.05, 3.63) is 0 Å². The fourth-order valence-electron chi connectivity index (χ4n) is 1.74. The predicted octanol–water partition coefficient (Wildman–Crippen LogP) is 0.934. The lowest BCUT2D eigenvalue weighted by Crippen LogP contribution is -2.44. The van der Waals surface area contributed by atoms with E-state index >= 15 is 0 Å². The van der Waals surface area contributed by atoms with E-state index in [9.17, 15) is 0 Å². The first kappa shape index (κ1) is 8.31. The van der Waals surface area contributed by atoms with Crippen molar-refractivity contribution in [2.75, 3.05) is 6.61 Å². The van der Waals surface area contributed by atoms with E-state index in [2.05, 4.69) is 13.8 Å². The van der Waals surface area contributed by atoms with Crippen LogP contribution in [0.5, 0.6) is 0 Å². The Morgan fingerprint density at radius 1 is 1.50 bits per heavy atom. The van der Waals surface area contributed by atoms with Gasteiger partial charge >= 0.3 is 0 Å². The van der Waals surface area contributed by atoms with E-state index in [-0.39, 0.29) is 23.5 Å². The summed E-state index contributed by atoms with van der Waals surface area (Å²) in [5, 5.41) is 0. The summed E-state index contributed by atoms with van der Waals surface area (Å²) in [4.78, 5) is 0. The van der Waals surface area contributed by atoms with Crippen LogP contribution in [0.4, 0.5) is 0 Å². The first-order valence-corrected chi connectivity index (χ1v) is 3.49. The lowest BCUT2D eigenvalue weighted by molar-refractivity contribution is -0.00123. The molecular weight excluding hydrogens is 150 g/mol. The highest BCUT2D eigenvalue weighted by Gasteiger charge is 2.65. The average molecular weight is 164 g/mol. The van der Waals surface area contributed by atoms with E-state index in [1.54, 1.807) is 0 Å². The summed E-state index contributed by atoms with van der Waals surface area (Å²) in [6, 6.07) is 0. The Hall–Kier alpha value is 0.210. The van der Waals surface area contributed by atoms with Crippen LogP contribution in [-0.4, -0.2) is 17.7 Å². The SMILES string of the molecule is CC1(C)OCC2CC21N.Cl. The molecule has 2 aliphatic rings. The zero-order valence-electron chi connectivity index (χ0n) is 6.39. The second kappa shape index (κ2) is 1.87. The fourth-order valence-corrected chi connectivity index (χ4v) is 1.74. The highest BCUT2D eigenvalue weighted by Crippen LogP contribution is 2.55. The molecule has 2 fully saturated rings. The molecule has 1 aliphatic carbocycles. The van der Waals surface area contributed by atoms with Crippen LogP contribution in [0.15, 0.2) is 0 Å². The van der Waals surface area contributed by atoms with E-state index in [4.69, 9.17) is 10.5 Å². The van der Waals surface area contributed by atoms with E-state index in [1.165, 1.54) is 6.42 Å². The maximum absolute atomic E-state index is 6.00. The second-order valence-corrected chi connectivity index (χ2v) is 3.76. The summed E-state index contributed by atoms with van der Waals surface area (Å²) in [5.74, 6) is 0.660. The monoisotopic (exact) mass is 163 g/mol. The Morgan fingerprint density at radius 3 is 2.20 bits per heavy atom.